The third kappa shape index (κ3) is 2.43. The van der Waals surface area contributed by atoms with Gasteiger partial charge in [-0.3, -0.25) is 0 Å². The summed E-state index contributed by atoms with van der Waals surface area (Å²) in [5.74, 6) is 0.636. The third-order valence-corrected chi connectivity index (χ3v) is 3.01. The van der Waals surface area contributed by atoms with Gasteiger partial charge in [0.05, 0.1) is 18.2 Å². The molecule has 1 aliphatic rings. The van der Waals surface area contributed by atoms with Crippen molar-refractivity contribution in [2.75, 3.05) is 13.7 Å². The summed E-state index contributed by atoms with van der Waals surface area (Å²) in [6, 6.07) is 3.34. The van der Waals surface area contributed by atoms with E-state index in [1.165, 1.54) is 20.0 Å². The highest BCUT2D eigenvalue weighted by Crippen LogP contribution is 2.35. The molecule has 0 amide bonds. The Balaban J connectivity index is 2.15. The number of benzene rings is 1. The number of rotatable bonds is 4. The fraction of sp³-hybridized carbons (Fsp3) is 0.455. The lowest BCUT2D eigenvalue weighted by Gasteiger charge is -2.10. The first-order valence-electron chi connectivity index (χ1n) is 4.87. The zero-order valence-electron chi connectivity index (χ0n) is 8.43. The van der Waals surface area contributed by atoms with Gasteiger partial charge in [0.1, 0.15) is 0 Å². The van der Waals surface area contributed by atoms with Gasteiger partial charge in [0, 0.05) is 0 Å². The molecular weight excluding hydrogens is 263 g/mol. The second-order valence-electron chi connectivity index (χ2n) is 3.65. The Morgan fingerprint density at radius 1 is 1.47 bits per heavy atom. The molecule has 1 aromatic carbocycles. The van der Waals surface area contributed by atoms with Gasteiger partial charge in [-0.1, -0.05) is 0 Å². The quantitative estimate of drug-likeness (QED) is 0.838. The molecule has 0 aromatic heterocycles. The molecule has 0 N–H and O–H groups in total. The second kappa shape index (κ2) is 4.39. The molecule has 82 valence electrons. The average Bonchev–Trinajstić information content (AvgIpc) is 3.01. The number of halogens is 2. The SMILES string of the molecule is COc1c(Br)ccc(OCC2CC2)c1F. The van der Waals surface area contributed by atoms with Crippen molar-refractivity contribution < 1.29 is 13.9 Å². The van der Waals surface area contributed by atoms with Crippen LogP contribution >= 0.6 is 15.9 Å². The average molecular weight is 275 g/mol. The second-order valence-corrected chi connectivity index (χ2v) is 4.50. The molecule has 1 aromatic rings. The van der Waals surface area contributed by atoms with Crippen LogP contribution in [-0.4, -0.2) is 13.7 Å². The van der Waals surface area contributed by atoms with Gasteiger partial charge in [-0.15, -0.1) is 0 Å². The van der Waals surface area contributed by atoms with Crippen molar-refractivity contribution in [3.63, 3.8) is 0 Å². The lowest BCUT2D eigenvalue weighted by molar-refractivity contribution is 0.278. The smallest absolute Gasteiger partial charge is 0.207 e. The highest BCUT2D eigenvalue weighted by atomic mass is 79.9. The molecule has 0 bridgehead atoms. The molecule has 15 heavy (non-hydrogen) atoms. The summed E-state index contributed by atoms with van der Waals surface area (Å²) in [4.78, 5) is 0. The summed E-state index contributed by atoms with van der Waals surface area (Å²) in [6.07, 6.45) is 2.38. The Kier molecular flexibility index (Phi) is 3.14. The molecule has 1 aliphatic carbocycles. The van der Waals surface area contributed by atoms with Crippen molar-refractivity contribution in [3.8, 4) is 11.5 Å². The molecule has 0 spiro atoms. The largest absolute Gasteiger partial charge is 0.492 e. The zero-order valence-corrected chi connectivity index (χ0v) is 10.0. The maximum Gasteiger partial charge on any atom is 0.207 e. The van der Waals surface area contributed by atoms with E-state index in [0.29, 0.717) is 17.0 Å². The van der Waals surface area contributed by atoms with Gasteiger partial charge in [-0.25, -0.2) is 0 Å². The monoisotopic (exact) mass is 274 g/mol. The van der Waals surface area contributed by atoms with Crippen molar-refractivity contribution in [2.24, 2.45) is 5.92 Å². The minimum absolute atomic E-state index is 0.197. The van der Waals surface area contributed by atoms with Crippen molar-refractivity contribution in [1.82, 2.24) is 0 Å². The maximum atomic E-state index is 13.7. The number of methoxy groups -OCH3 is 1. The Labute approximate surface area is 96.5 Å². The fourth-order valence-electron chi connectivity index (χ4n) is 1.31. The van der Waals surface area contributed by atoms with Crippen LogP contribution in [-0.2, 0) is 0 Å². The van der Waals surface area contributed by atoms with Gasteiger partial charge >= 0.3 is 0 Å². The summed E-state index contributed by atoms with van der Waals surface area (Å²) in [6.45, 7) is 0.599. The normalized spacial score (nSPS) is 15.1. The molecule has 0 atom stereocenters. The first-order chi connectivity index (χ1) is 7.22. The minimum atomic E-state index is -0.437. The molecule has 1 saturated carbocycles. The van der Waals surface area contributed by atoms with Crippen molar-refractivity contribution in [2.45, 2.75) is 12.8 Å². The predicted octanol–water partition coefficient (Wildman–Crippen LogP) is 3.39. The standard InChI is InChI=1S/C11H12BrFO2/c1-14-11-8(12)4-5-9(10(11)13)15-6-7-2-3-7/h4-5,7H,2-3,6H2,1H3. The van der Waals surface area contributed by atoms with E-state index < -0.39 is 5.82 Å². The van der Waals surface area contributed by atoms with Gasteiger partial charge in [0.2, 0.25) is 5.82 Å². The fourth-order valence-corrected chi connectivity index (χ4v) is 1.77. The lowest BCUT2D eigenvalue weighted by Crippen LogP contribution is -2.02. The van der Waals surface area contributed by atoms with Crippen LogP contribution in [0.2, 0.25) is 0 Å². The van der Waals surface area contributed by atoms with E-state index in [-0.39, 0.29) is 11.5 Å². The minimum Gasteiger partial charge on any atom is -0.492 e. The van der Waals surface area contributed by atoms with E-state index in [2.05, 4.69) is 15.9 Å². The summed E-state index contributed by atoms with van der Waals surface area (Å²) in [5, 5.41) is 0. The Morgan fingerprint density at radius 3 is 2.80 bits per heavy atom. The Morgan fingerprint density at radius 2 is 2.20 bits per heavy atom. The van der Waals surface area contributed by atoms with Crippen LogP contribution in [0.5, 0.6) is 11.5 Å². The van der Waals surface area contributed by atoms with E-state index in [9.17, 15) is 4.39 Å². The third-order valence-electron chi connectivity index (χ3n) is 2.39. The molecule has 0 aliphatic heterocycles. The van der Waals surface area contributed by atoms with E-state index in [0.717, 1.165) is 0 Å². The Bertz CT molecular complexity index is 364. The van der Waals surface area contributed by atoms with Gasteiger partial charge < -0.3 is 9.47 Å². The zero-order chi connectivity index (χ0) is 10.8. The molecule has 0 saturated heterocycles. The maximum absolute atomic E-state index is 13.7. The van der Waals surface area contributed by atoms with Crippen LogP contribution in [0.1, 0.15) is 12.8 Å². The summed E-state index contributed by atoms with van der Waals surface area (Å²) < 4.78 is 24.6. The summed E-state index contributed by atoms with van der Waals surface area (Å²) in [7, 11) is 1.44. The highest BCUT2D eigenvalue weighted by Gasteiger charge is 2.23. The van der Waals surface area contributed by atoms with Crippen molar-refractivity contribution in [1.29, 1.82) is 0 Å². The summed E-state index contributed by atoms with van der Waals surface area (Å²) >= 11 is 3.21. The van der Waals surface area contributed by atoms with E-state index in [1.54, 1.807) is 12.1 Å². The molecule has 0 heterocycles. The highest BCUT2D eigenvalue weighted by molar-refractivity contribution is 9.10. The van der Waals surface area contributed by atoms with Crippen LogP contribution in [0.3, 0.4) is 0 Å². The molecule has 4 heteroatoms. The first kappa shape index (κ1) is 10.7. The lowest BCUT2D eigenvalue weighted by atomic mass is 10.3. The van der Waals surface area contributed by atoms with Gasteiger partial charge in [-0.2, -0.15) is 4.39 Å². The molecule has 0 unspecified atom stereocenters. The Hall–Kier alpha value is -0.770. The summed E-state index contributed by atoms with van der Waals surface area (Å²) in [5.41, 5.74) is 0. The van der Waals surface area contributed by atoms with E-state index in [4.69, 9.17) is 9.47 Å². The van der Waals surface area contributed by atoms with Crippen molar-refractivity contribution in [3.05, 3.63) is 22.4 Å². The first-order valence-corrected chi connectivity index (χ1v) is 5.66. The van der Waals surface area contributed by atoms with Gasteiger partial charge in [0.25, 0.3) is 0 Å². The molecular formula is C11H12BrFO2. The molecule has 0 radical (unpaired) electrons. The van der Waals surface area contributed by atoms with Crippen molar-refractivity contribution >= 4 is 15.9 Å². The van der Waals surface area contributed by atoms with Gasteiger partial charge in [0.15, 0.2) is 11.5 Å². The predicted molar refractivity (Wildman–Crippen MR) is 58.9 cm³/mol. The molecule has 2 nitrogen and oxygen atoms in total. The van der Waals surface area contributed by atoms with E-state index >= 15 is 0 Å². The molecule has 2 rings (SSSR count). The number of ether oxygens (including phenoxy) is 2. The van der Waals surface area contributed by atoms with Crippen LogP contribution in [0.15, 0.2) is 16.6 Å². The van der Waals surface area contributed by atoms with Crippen LogP contribution < -0.4 is 9.47 Å². The van der Waals surface area contributed by atoms with Gasteiger partial charge in [-0.05, 0) is 46.8 Å². The van der Waals surface area contributed by atoms with Crippen LogP contribution in [0.25, 0.3) is 0 Å². The van der Waals surface area contributed by atoms with Crippen LogP contribution in [0.4, 0.5) is 4.39 Å². The number of hydrogen-bond donors (Lipinski definition) is 0. The molecule has 1 fully saturated rings. The van der Waals surface area contributed by atoms with Crippen LogP contribution in [0, 0.1) is 11.7 Å². The number of hydrogen-bond acceptors (Lipinski definition) is 2. The van der Waals surface area contributed by atoms with E-state index in [1.807, 2.05) is 0 Å². The topological polar surface area (TPSA) is 18.5 Å².